The first-order valence-electron chi connectivity index (χ1n) is 11.0. The Morgan fingerprint density at radius 2 is 1.81 bits per heavy atom. The van der Waals surface area contributed by atoms with Crippen LogP contribution in [0.3, 0.4) is 0 Å². The van der Waals surface area contributed by atoms with E-state index in [1.54, 1.807) is 60.7 Å². The van der Waals surface area contributed by atoms with Crippen molar-refractivity contribution in [3.63, 3.8) is 0 Å². The number of hydrazone groups is 1. The minimum atomic E-state index is -0.554. The lowest BCUT2D eigenvalue weighted by molar-refractivity contribution is -0.120. The summed E-state index contributed by atoms with van der Waals surface area (Å²) in [5.41, 5.74) is 3.46. The molecule has 186 valence electrons. The second kappa shape index (κ2) is 13.4. The van der Waals surface area contributed by atoms with Crippen molar-refractivity contribution in [2.75, 3.05) is 13.2 Å². The van der Waals surface area contributed by atoms with Crippen LogP contribution in [-0.2, 0) is 4.79 Å². The van der Waals surface area contributed by atoms with Gasteiger partial charge in [-0.15, -0.1) is 0 Å². The number of carbonyl (C=O) groups excluding carboxylic acids is 3. The van der Waals surface area contributed by atoms with Gasteiger partial charge in [-0.05, 0) is 67.1 Å². The van der Waals surface area contributed by atoms with Crippen molar-refractivity contribution in [2.24, 2.45) is 5.10 Å². The molecule has 0 aromatic heterocycles. The molecule has 36 heavy (non-hydrogen) atoms. The maximum Gasteiger partial charge on any atom is 0.343 e. The molecule has 0 saturated carbocycles. The van der Waals surface area contributed by atoms with Crippen molar-refractivity contribution in [1.82, 2.24) is 10.7 Å². The number of ether oxygens (including phenoxy) is 2. The van der Waals surface area contributed by atoms with Gasteiger partial charge in [0, 0.05) is 20.6 Å². The first-order valence-corrected chi connectivity index (χ1v) is 12.1. The number of halogens is 2. The predicted molar refractivity (Wildman–Crippen MR) is 141 cm³/mol. The van der Waals surface area contributed by atoms with Gasteiger partial charge in [0.2, 0.25) is 0 Å². The Hall–Kier alpha value is -3.69. The van der Waals surface area contributed by atoms with Gasteiger partial charge in [0.1, 0.15) is 11.5 Å². The summed E-state index contributed by atoms with van der Waals surface area (Å²) in [6, 6.07) is 18.0. The van der Waals surface area contributed by atoms with Gasteiger partial charge in [0.15, 0.2) is 0 Å². The second-order valence-corrected chi connectivity index (χ2v) is 8.78. The summed E-state index contributed by atoms with van der Waals surface area (Å²) in [7, 11) is 0. The van der Waals surface area contributed by atoms with Crippen molar-refractivity contribution in [3.05, 3.63) is 92.9 Å². The average molecular weight is 573 g/mol. The summed E-state index contributed by atoms with van der Waals surface area (Å²) in [6.07, 6.45) is 2.22. The summed E-state index contributed by atoms with van der Waals surface area (Å²) < 4.78 is 11.8. The van der Waals surface area contributed by atoms with Gasteiger partial charge in [-0.3, -0.25) is 9.59 Å². The highest BCUT2D eigenvalue weighted by molar-refractivity contribution is 9.10. The average Bonchev–Trinajstić information content (AvgIpc) is 2.87. The second-order valence-electron chi connectivity index (χ2n) is 7.43. The Kier molecular flexibility index (Phi) is 10.0. The van der Waals surface area contributed by atoms with Gasteiger partial charge in [0.05, 0.1) is 24.9 Å². The number of hydrogen-bond acceptors (Lipinski definition) is 6. The zero-order chi connectivity index (χ0) is 25.9. The number of nitrogens with one attached hydrogen (secondary N) is 2. The summed E-state index contributed by atoms with van der Waals surface area (Å²) in [4.78, 5) is 36.8. The molecule has 0 atom stereocenters. The maximum atomic E-state index is 12.6. The standard InChI is InChI=1S/C26H23BrClN3O5/c1-2-12-35-22-9-6-17(7-10-22)26(34)36-23-11-8-20(27)13-19(23)15-30-31-24(32)16-29-25(33)18-4-3-5-21(28)14-18/h3-11,13-15H,2,12,16H2,1H3,(H,29,33)(H,31,32)/b30-15+. The molecule has 3 aromatic carbocycles. The first-order chi connectivity index (χ1) is 17.4. The van der Waals surface area contributed by atoms with E-state index in [9.17, 15) is 14.4 Å². The van der Waals surface area contributed by atoms with Crippen LogP contribution >= 0.6 is 27.5 Å². The number of amides is 2. The number of carbonyl (C=O) groups is 3. The first kappa shape index (κ1) is 26.9. The van der Waals surface area contributed by atoms with Crippen LogP contribution in [0.4, 0.5) is 0 Å². The summed E-state index contributed by atoms with van der Waals surface area (Å²) in [5, 5.41) is 6.80. The van der Waals surface area contributed by atoms with Crippen LogP contribution in [-0.4, -0.2) is 37.1 Å². The molecule has 3 aromatic rings. The van der Waals surface area contributed by atoms with Crippen molar-refractivity contribution < 1.29 is 23.9 Å². The molecule has 0 aliphatic rings. The third-order valence-electron chi connectivity index (χ3n) is 4.63. The van der Waals surface area contributed by atoms with E-state index < -0.39 is 17.8 Å². The fraction of sp³-hybridized carbons (Fsp3) is 0.154. The van der Waals surface area contributed by atoms with Gasteiger partial charge in [-0.2, -0.15) is 5.10 Å². The molecule has 0 unspecified atom stereocenters. The lowest BCUT2D eigenvalue weighted by atomic mass is 10.2. The van der Waals surface area contributed by atoms with E-state index in [1.165, 1.54) is 12.3 Å². The highest BCUT2D eigenvalue weighted by atomic mass is 79.9. The van der Waals surface area contributed by atoms with Crippen molar-refractivity contribution in [1.29, 1.82) is 0 Å². The molecule has 0 aliphatic carbocycles. The van der Waals surface area contributed by atoms with E-state index >= 15 is 0 Å². The molecule has 0 fully saturated rings. The minimum Gasteiger partial charge on any atom is -0.494 e. The smallest absolute Gasteiger partial charge is 0.343 e. The number of hydrogen-bond donors (Lipinski definition) is 2. The zero-order valence-corrected chi connectivity index (χ0v) is 21.6. The Morgan fingerprint density at radius 3 is 2.53 bits per heavy atom. The van der Waals surface area contributed by atoms with Crippen LogP contribution in [0.25, 0.3) is 0 Å². The Labute approximate surface area is 221 Å². The van der Waals surface area contributed by atoms with E-state index in [4.69, 9.17) is 21.1 Å². The molecule has 0 bridgehead atoms. The lowest BCUT2D eigenvalue weighted by Gasteiger charge is -2.09. The molecule has 0 aliphatic heterocycles. The number of benzene rings is 3. The molecule has 0 radical (unpaired) electrons. The molecule has 8 nitrogen and oxygen atoms in total. The molecule has 2 amide bonds. The van der Waals surface area contributed by atoms with E-state index in [1.807, 2.05) is 6.92 Å². The van der Waals surface area contributed by atoms with Gasteiger partial charge < -0.3 is 14.8 Å². The molecule has 3 rings (SSSR count). The molecule has 0 saturated heterocycles. The maximum absolute atomic E-state index is 12.6. The number of rotatable bonds is 10. The van der Waals surface area contributed by atoms with E-state index in [2.05, 4.69) is 31.8 Å². The third-order valence-corrected chi connectivity index (χ3v) is 5.35. The van der Waals surface area contributed by atoms with E-state index in [0.717, 1.165) is 10.9 Å². The number of nitrogens with zero attached hydrogens (tertiary/aromatic N) is 1. The third kappa shape index (κ3) is 8.21. The van der Waals surface area contributed by atoms with E-state index in [-0.39, 0.29) is 12.3 Å². The fourth-order valence-electron chi connectivity index (χ4n) is 2.88. The predicted octanol–water partition coefficient (Wildman–Crippen LogP) is 4.99. The van der Waals surface area contributed by atoms with Crippen LogP contribution in [0.2, 0.25) is 5.02 Å². The topological polar surface area (TPSA) is 106 Å². The van der Waals surface area contributed by atoms with Crippen molar-refractivity contribution >= 4 is 51.5 Å². The van der Waals surface area contributed by atoms with Crippen LogP contribution < -0.4 is 20.2 Å². The molecule has 0 heterocycles. The normalized spacial score (nSPS) is 10.6. The van der Waals surface area contributed by atoms with E-state index in [0.29, 0.717) is 34.1 Å². The Bertz CT molecular complexity index is 1260. The van der Waals surface area contributed by atoms with Gasteiger partial charge in [0.25, 0.3) is 11.8 Å². The molecule has 2 N–H and O–H groups in total. The van der Waals surface area contributed by atoms with Crippen LogP contribution in [0.5, 0.6) is 11.5 Å². The quantitative estimate of drug-likeness (QED) is 0.154. The summed E-state index contributed by atoms with van der Waals surface area (Å²) in [6.45, 7) is 2.31. The zero-order valence-electron chi connectivity index (χ0n) is 19.3. The van der Waals surface area contributed by atoms with Crippen LogP contribution in [0.1, 0.15) is 39.6 Å². The summed E-state index contributed by atoms with van der Waals surface area (Å²) >= 11 is 9.24. The van der Waals surface area contributed by atoms with Crippen LogP contribution in [0, 0.1) is 0 Å². The van der Waals surface area contributed by atoms with Crippen molar-refractivity contribution in [3.8, 4) is 11.5 Å². The SMILES string of the molecule is CCCOc1ccc(C(=O)Oc2ccc(Br)cc2/C=N/NC(=O)CNC(=O)c2cccc(Cl)c2)cc1. The minimum absolute atomic E-state index is 0.252. The van der Waals surface area contributed by atoms with Crippen LogP contribution in [0.15, 0.2) is 76.3 Å². The molecule has 10 heteroatoms. The lowest BCUT2D eigenvalue weighted by Crippen LogP contribution is -2.34. The fourth-order valence-corrected chi connectivity index (χ4v) is 3.45. The summed E-state index contributed by atoms with van der Waals surface area (Å²) in [5.74, 6) is -0.615. The monoisotopic (exact) mass is 571 g/mol. The highest BCUT2D eigenvalue weighted by Crippen LogP contribution is 2.23. The van der Waals surface area contributed by atoms with Gasteiger partial charge >= 0.3 is 5.97 Å². The molecular formula is C26H23BrClN3O5. The molecular weight excluding hydrogens is 550 g/mol. The highest BCUT2D eigenvalue weighted by Gasteiger charge is 2.12. The van der Waals surface area contributed by atoms with Crippen molar-refractivity contribution in [2.45, 2.75) is 13.3 Å². The Morgan fingerprint density at radius 1 is 1.03 bits per heavy atom. The van der Waals surface area contributed by atoms with Gasteiger partial charge in [-0.1, -0.05) is 40.5 Å². The number of esters is 1. The largest absolute Gasteiger partial charge is 0.494 e. The Balaban J connectivity index is 1.58. The van der Waals surface area contributed by atoms with Gasteiger partial charge in [-0.25, -0.2) is 10.2 Å². The molecule has 0 spiro atoms.